The van der Waals surface area contributed by atoms with Crippen LogP contribution in [0.15, 0.2) is 11.1 Å². The molecule has 0 N–H and O–H groups in total. The van der Waals surface area contributed by atoms with Crippen molar-refractivity contribution < 1.29 is 9.53 Å². The van der Waals surface area contributed by atoms with Gasteiger partial charge < -0.3 is 4.74 Å². The molecule has 0 aromatic rings. The lowest BCUT2D eigenvalue weighted by Crippen LogP contribution is -2.11. The highest BCUT2D eigenvalue weighted by Gasteiger charge is 2.30. The van der Waals surface area contributed by atoms with Gasteiger partial charge in [-0.05, 0) is 31.3 Å². The number of hydrogen-bond acceptors (Lipinski definition) is 2. The van der Waals surface area contributed by atoms with Crippen molar-refractivity contribution in [2.45, 2.75) is 59.0 Å². The number of hydrogen-bond donors (Lipinski definition) is 0. The molecular formula is C12H20O2. The molecule has 2 nitrogen and oxygen atoms in total. The minimum Gasteiger partial charge on any atom is -0.454 e. The normalized spacial score (nSPS) is 21.6. The van der Waals surface area contributed by atoms with Crippen LogP contribution in [-0.4, -0.2) is 12.1 Å². The highest BCUT2D eigenvalue weighted by Crippen LogP contribution is 2.30. The van der Waals surface area contributed by atoms with Crippen LogP contribution in [0.2, 0.25) is 0 Å². The first-order valence-electron chi connectivity index (χ1n) is 5.67. The molecule has 0 saturated heterocycles. The van der Waals surface area contributed by atoms with E-state index in [1.54, 1.807) is 0 Å². The van der Waals surface area contributed by atoms with E-state index < -0.39 is 0 Å². The second kappa shape index (κ2) is 5.18. The Kier molecular flexibility index (Phi) is 4.18. The van der Waals surface area contributed by atoms with Crippen molar-refractivity contribution >= 4 is 5.97 Å². The third kappa shape index (κ3) is 2.17. The molecule has 0 fully saturated rings. The van der Waals surface area contributed by atoms with E-state index in [1.165, 1.54) is 5.57 Å². The van der Waals surface area contributed by atoms with Crippen LogP contribution < -0.4 is 0 Å². The van der Waals surface area contributed by atoms with Gasteiger partial charge in [-0.1, -0.05) is 27.2 Å². The number of carbonyl (C=O) groups excluding carboxylic acids is 1. The van der Waals surface area contributed by atoms with Crippen LogP contribution in [0.1, 0.15) is 52.9 Å². The van der Waals surface area contributed by atoms with Gasteiger partial charge >= 0.3 is 5.97 Å². The van der Waals surface area contributed by atoms with Crippen molar-refractivity contribution in [3.63, 3.8) is 0 Å². The smallest absolute Gasteiger partial charge is 0.334 e. The summed E-state index contributed by atoms with van der Waals surface area (Å²) in [5.74, 6) is -0.0783. The fourth-order valence-electron chi connectivity index (χ4n) is 2.03. The summed E-state index contributed by atoms with van der Waals surface area (Å²) in [5.41, 5.74) is 2.17. The van der Waals surface area contributed by atoms with E-state index in [0.29, 0.717) is 0 Å². The van der Waals surface area contributed by atoms with Gasteiger partial charge in [0.25, 0.3) is 0 Å². The van der Waals surface area contributed by atoms with Crippen LogP contribution in [0.3, 0.4) is 0 Å². The highest BCUT2D eigenvalue weighted by atomic mass is 16.5. The van der Waals surface area contributed by atoms with E-state index in [2.05, 4.69) is 13.8 Å². The molecule has 0 saturated carbocycles. The van der Waals surface area contributed by atoms with E-state index >= 15 is 0 Å². The fraction of sp³-hybridized carbons (Fsp3) is 0.750. The van der Waals surface area contributed by atoms with Crippen molar-refractivity contribution in [1.29, 1.82) is 0 Å². The summed E-state index contributed by atoms with van der Waals surface area (Å²) in [6.45, 7) is 6.28. The maximum absolute atomic E-state index is 11.5. The average molecular weight is 196 g/mol. The lowest BCUT2D eigenvalue weighted by molar-refractivity contribution is -0.140. The van der Waals surface area contributed by atoms with E-state index in [9.17, 15) is 4.79 Å². The monoisotopic (exact) mass is 196 g/mol. The minimum atomic E-state index is -0.0783. The third-order valence-corrected chi connectivity index (χ3v) is 2.83. The van der Waals surface area contributed by atoms with Crippen molar-refractivity contribution in [1.82, 2.24) is 0 Å². The molecule has 0 radical (unpaired) electrons. The Balaban J connectivity index is 2.71. The predicted octanol–water partition coefficient (Wildman–Crippen LogP) is 3.22. The quantitative estimate of drug-likeness (QED) is 0.631. The molecule has 80 valence electrons. The van der Waals surface area contributed by atoms with Crippen LogP contribution in [0.4, 0.5) is 0 Å². The van der Waals surface area contributed by atoms with Gasteiger partial charge in [-0.3, -0.25) is 0 Å². The largest absolute Gasteiger partial charge is 0.454 e. The van der Waals surface area contributed by atoms with Gasteiger partial charge in [0.1, 0.15) is 6.10 Å². The molecule has 1 unspecified atom stereocenters. The molecular weight excluding hydrogens is 176 g/mol. The summed E-state index contributed by atoms with van der Waals surface area (Å²) >= 11 is 0. The maximum Gasteiger partial charge on any atom is 0.334 e. The first kappa shape index (κ1) is 11.3. The van der Waals surface area contributed by atoms with Gasteiger partial charge in [0.05, 0.1) is 0 Å². The molecule has 0 bridgehead atoms. The lowest BCUT2D eigenvalue weighted by Gasteiger charge is -2.11. The van der Waals surface area contributed by atoms with Gasteiger partial charge in [-0.2, -0.15) is 0 Å². The predicted molar refractivity (Wildman–Crippen MR) is 57.0 cm³/mol. The molecule has 1 aliphatic rings. The zero-order valence-electron chi connectivity index (χ0n) is 9.43. The third-order valence-electron chi connectivity index (χ3n) is 2.83. The summed E-state index contributed by atoms with van der Waals surface area (Å²) in [6.07, 6.45) is 5.13. The van der Waals surface area contributed by atoms with Crippen LogP contribution in [0.5, 0.6) is 0 Å². The molecule has 1 rings (SSSR count). The molecule has 0 aromatic carbocycles. The van der Waals surface area contributed by atoms with Gasteiger partial charge in [-0.25, -0.2) is 4.79 Å². The molecule has 14 heavy (non-hydrogen) atoms. The number of carbonyl (C=O) groups is 1. The van der Waals surface area contributed by atoms with Crippen LogP contribution >= 0.6 is 0 Å². The van der Waals surface area contributed by atoms with Crippen molar-refractivity contribution in [3.05, 3.63) is 11.1 Å². The van der Waals surface area contributed by atoms with Gasteiger partial charge in [0, 0.05) is 5.57 Å². The standard InChI is InChI=1S/C12H20O2/c1-4-7-8-11-9(5-2)10(6-3)12(13)14-11/h11H,4-8H2,1-3H3. The Hall–Kier alpha value is -0.790. The topological polar surface area (TPSA) is 26.3 Å². The Morgan fingerprint density at radius 3 is 2.43 bits per heavy atom. The van der Waals surface area contributed by atoms with Crippen molar-refractivity contribution in [2.75, 3.05) is 0 Å². The van der Waals surface area contributed by atoms with Crippen LogP contribution in [0, 0.1) is 0 Å². The lowest BCUT2D eigenvalue weighted by atomic mass is 9.98. The zero-order valence-corrected chi connectivity index (χ0v) is 9.43. The second-order valence-corrected chi connectivity index (χ2v) is 3.75. The minimum absolute atomic E-state index is 0.0783. The summed E-state index contributed by atoms with van der Waals surface area (Å²) in [5, 5.41) is 0. The van der Waals surface area contributed by atoms with Gasteiger partial charge in [0.2, 0.25) is 0 Å². The Morgan fingerprint density at radius 1 is 1.21 bits per heavy atom. The second-order valence-electron chi connectivity index (χ2n) is 3.75. The van der Waals surface area contributed by atoms with E-state index in [1.807, 2.05) is 6.92 Å². The first-order chi connectivity index (χ1) is 6.74. The SMILES string of the molecule is CCCCC1OC(=O)C(CC)=C1CC. The van der Waals surface area contributed by atoms with Crippen molar-refractivity contribution in [2.24, 2.45) is 0 Å². The number of rotatable bonds is 5. The summed E-state index contributed by atoms with van der Waals surface area (Å²) < 4.78 is 5.36. The van der Waals surface area contributed by atoms with E-state index in [4.69, 9.17) is 4.74 Å². The van der Waals surface area contributed by atoms with Gasteiger partial charge in [0.15, 0.2) is 0 Å². The number of cyclic esters (lactones) is 1. The average Bonchev–Trinajstić information content (AvgIpc) is 2.50. The summed E-state index contributed by atoms with van der Waals surface area (Å²) in [6, 6.07) is 0. The molecule has 2 heteroatoms. The summed E-state index contributed by atoms with van der Waals surface area (Å²) in [7, 11) is 0. The molecule has 0 spiro atoms. The number of ether oxygens (including phenoxy) is 1. The molecule has 0 amide bonds. The Labute approximate surface area is 86.3 Å². The van der Waals surface area contributed by atoms with Crippen molar-refractivity contribution in [3.8, 4) is 0 Å². The zero-order chi connectivity index (χ0) is 10.6. The number of esters is 1. The molecule has 0 aromatic heterocycles. The van der Waals surface area contributed by atoms with Crippen LogP contribution in [0.25, 0.3) is 0 Å². The van der Waals surface area contributed by atoms with Gasteiger partial charge in [-0.15, -0.1) is 0 Å². The van der Waals surface area contributed by atoms with Crippen LogP contribution in [-0.2, 0) is 9.53 Å². The molecule has 1 aliphatic heterocycles. The molecule has 1 heterocycles. The van der Waals surface area contributed by atoms with E-state index in [-0.39, 0.29) is 12.1 Å². The molecule has 1 atom stereocenters. The Bertz CT molecular complexity index is 241. The summed E-state index contributed by atoms with van der Waals surface area (Å²) in [4.78, 5) is 11.5. The first-order valence-corrected chi connectivity index (χ1v) is 5.67. The molecule has 0 aliphatic carbocycles. The van der Waals surface area contributed by atoms with E-state index in [0.717, 1.165) is 37.7 Å². The maximum atomic E-state index is 11.5. The number of unbranched alkanes of at least 4 members (excludes halogenated alkanes) is 1. The highest BCUT2D eigenvalue weighted by molar-refractivity contribution is 5.92. The fourth-order valence-corrected chi connectivity index (χ4v) is 2.03. The Morgan fingerprint density at radius 2 is 1.93 bits per heavy atom.